The SMILES string of the molecule is CCn1cc(Oc2ncc(CNC)cc2Cl)cn1. The third-order valence-corrected chi connectivity index (χ3v) is 2.66. The lowest BCUT2D eigenvalue weighted by Gasteiger charge is -2.06. The fraction of sp³-hybridized carbons (Fsp3) is 0.333. The number of nitrogens with one attached hydrogen (secondary N) is 1. The number of hydrogen-bond donors (Lipinski definition) is 1. The second-order valence-corrected chi connectivity index (χ2v) is 4.20. The molecule has 0 aliphatic carbocycles. The summed E-state index contributed by atoms with van der Waals surface area (Å²) in [5, 5.41) is 7.65. The van der Waals surface area contributed by atoms with Crippen LogP contribution in [-0.4, -0.2) is 21.8 Å². The zero-order valence-electron chi connectivity index (χ0n) is 10.4. The Morgan fingerprint density at radius 2 is 2.28 bits per heavy atom. The highest BCUT2D eigenvalue weighted by Gasteiger charge is 2.07. The molecule has 0 radical (unpaired) electrons. The zero-order valence-corrected chi connectivity index (χ0v) is 11.1. The van der Waals surface area contributed by atoms with E-state index in [2.05, 4.69) is 15.4 Å². The van der Waals surface area contributed by atoms with Gasteiger partial charge >= 0.3 is 0 Å². The standard InChI is InChI=1S/C12H15ClN4O/c1-3-17-8-10(7-16-17)18-12-11(13)4-9(5-14-2)6-15-12/h4,6-8,14H,3,5H2,1-2H3. The Labute approximate surface area is 111 Å². The van der Waals surface area contributed by atoms with Crippen molar-refractivity contribution in [1.29, 1.82) is 0 Å². The third kappa shape index (κ3) is 3.00. The molecule has 0 spiro atoms. The minimum absolute atomic E-state index is 0.396. The largest absolute Gasteiger partial charge is 0.434 e. The van der Waals surface area contributed by atoms with Gasteiger partial charge in [-0.05, 0) is 25.6 Å². The highest BCUT2D eigenvalue weighted by atomic mass is 35.5. The smallest absolute Gasteiger partial charge is 0.238 e. The summed E-state index contributed by atoms with van der Waals surface area (Å²) in [4.78, 5) is 4.20. The molecule has 5 nitrogen and oxygen atoms in total. The van der Waals surface area contributed by atoms with Crippen LogP contribution in [0.25, 0.3) is 0 Å². The minimum Gasteiger partial charge on any atom is -0.434 e. The summed E-state index contributed by atoms with van der Waals surface area (Å²) in [5.41, 5.74) is 1.01. The molecule has 0 amide bonds. The highest BCUT2D eigenvalue weighted by molar-refractivity contribution is 6.31. The third-order valence-electron chi connectivity index (χ3n) is 2.39. The predicted molar refractivity (Wildman–Crippen MR) is 70.0 cm³/mol. The van der Waals surface area contributed by atoms with Crippen molar-refractivity contribution in [3.05, 3.63) is 35.2 Å². The number of aromatic nitrogens is 3. The highest BCUT2D eigenvalue weighted by Crippen LogP contribution is 2.27. The number of nitrogens with zero attached hydrogens (tertiary/aromatic N) is 3. The van der Waals surface area contributed by atoms with Crippen molar-refractivity contribution >= 4 is 11.6 Å². The molecule has 18 heavy (non-hydrogen) atoms. The van der Waals surface area contributed by atoms with Gasteiger partial charge in [0.2, 0.25) is 5.88 Å². The summed E-state index contributed by atoms with van der Waals surface area (Å²) in [5.74, 6) is 1.03. The van der Waals surface area contributed by atoms with E-state index in [4.69, 9.17) is 16.3 Å². The van der Waals surface area contributed by atoms with E-state index < -0.39 is 0 Å². The van der Waals surface area contributed by atoms with E-state index >= 15 is 0 Å². The first-order valence-corrected chi connectivity index (χ1v) is 6.10. The fourth-order valence-corrected chi connectivity index (χ4v) is 1.75. The minimum atomic E-state index is 0.396. The van der Waals surface area contributed by atoms with Gasteiger partial charge in [-0.25, -0.2) is 4.98 Å². The average molecular weight is 267 g/mol. The summed E-state index contributed by atoms with van der Waals surface area (Å²) in [6.45, 7) is 3.53. The Morgan fingerprint density at radius 3 is 2.89 bits per heavy atom. The molecule has 1 N–H and O–H groups in total. The van der Waals surface area contributed by atoms with Crippen LogP contribution in [0.3, 0.4) is 0 Å². The molecular formula is C12H15ClN4O. The second kappa shape index (κ2) is 5.84. The van der Waals surface area contributed by atoms with Crippen molar-refractivity contribution in [2.75, 3.05) is 7.05 Å². The van der Waals surface area contributed by atoms with Crippen LogP contribution in [0.1, 0.15) is 12.5 Å². The maximum absolute atomic E-state index is 6.11. The van der Waals surface area contributed by atoms with Crippen molar-refractivity contribution in [2.24, 2.45) is 0 Å². The van der Waals surface area contributed by atoms with E-state index in [9.17, 15) is 0 Å². The maximum Gasteiger partial charge on any atom is 0.238 e. The molecule has 0 aliphatic rings. The van der Waals surface area contributed by atoms with Gasteiger partial charge in [-0.1, -0.05) is 11.6 Å². The summed E-state index contributed by atoms with van der Waals surface area (Å²) >= 11 is 6.11. The van der Waals surface area contributed by atoms with E-state index in [0.29, 0.717) is 16.7 Å². The summed E-state index contributed by atoms with van der Waals surface area (Å²) in [6.07, 6.45) is 5.19. The molecule has 0 unspecified atom stereocenters. The van der Waals surface area contributed by atoms with Crippen molar-refractivity contribution < 1.29 is 4.74 Å². The Hall–Kier alpha value is -1.59. The monoisotopic (exact) mass is 266 g/mol. The van der Waals surface area contributed by atoms with Crippen LogP contribution in [0, 0.1) is 0 Å². The lowest BCUT2D eigenvalue weighted by atomic mass is 10.3. The van der Waals surface area contributed by atoms with Gasteiger partial charge in [0.05, 0.1) is 12.4 Å². The number of ether oxygens (including phenoxy) is 1. The Balaban J connectivity index is 2.13. The quantitative estimate of drug-likeness (QED) is 0.903. The van der Waals surface area contributed by atoms with Gasteiger partial charge in [-0.3, -0.25) is 4.68 Å². The van der Waals surface area contributed by atoms with E-state index in [0.717, 1.165) is 18.7 Å². The molecule has 2 heterocycles. The van der Waals surface area contributed by atoms with Crippen molar-refractivity contribution in [3.8, 4) is 11.6 Å². The van der Waals surface area contributed by atoms with Crippen LogP contribution in [0.2, 0.25) is 5.02 Å². The van der Waals surface area contributed by atoms with Gasteiger partial charge in [0, 0.05) is 19.3 Å². The molecular weight excluding hydrogens is 252 g/mol. The molecule has 0 atom stereocenters. The maximum atomic E-state index is 6.11. The van der Waals surface area contributed by atoms with Crippen molar-refractivity contribution in [3.63, 3.8) is 0 Å². The van der Waals surface area contributed by atoms with E-state index in [1.807, 2.05) is 20.0 Å². The normalized spacial score (nSPS) is 10.6. The Kier molecular flexibility index (Phi) is 4.17. The molecule has 0 saturated carbocycles. The van der Waals surface area contributed by atoms with Crippen LogP contribution in [0.15, 0.2) is 24.7 Å². The van der Waals surface area contributed by atoms with Gasteiger partial charge in [0.25, 0.3) is 0 Å². The first-order valence-electron chi connectivity index (χ1n) is 5.72. The van der Waals surface area contributed by atoms with Gasteiger partial charge < -0.3 is 10.1 Å². The molecule has 6 heteroatoms. The molecule has 2 aromatic rings. The topological polar surface area (TPSA) is 52.0 Å². The lowest BCUT2D eigenvalue weighted by Crippen LogP contribution is -2.05. The molecule has 0 bridgehead atoms. The lowest BCUT2D eigenvalue weighted by molar-refractivity contribution is 0.461. The number of aryl methyl sites for hydroxylation is 1. The molecule has 0 fully saturated rings. The van der Waals surface area contributed by atoms with E-state index in [1.54, 1.807) is 23.3 Å². The van der Waals surface area contributed by atoms with Gasteiger partial charge in [-0.2, -0.15) is 5.10 Å². The molecule has 2 rings (SSSR count). The van der Waals surface area contributed by atoms with Gasteiger partial charge in [0.15, 0.2) is 5.75 Å². The van der Waals surface area contributed by atoms with Crippen LogP contribution in [0.4, 0.5) is 0 Å². The molecule has 96 valence electrons. The summed E-state index contributed by atoms with van der Waals surface area (Å²) < 4.78 is 7.35. The fourth-order valence-electron chi connectivity index (χ4n) is 1.52. The van der Waals surface area contributed by atoms with Crippen LogP contribution >= 0.6 is 11.6 Å². The van der Waals surface area contributed by atoms with E-state index in [1.165, 1.54) is 0 Å². The van der Waals surface area contributed by atoms with Crippen LogP contribution in [0.5, 0.6) is 11.6 Å². The summed E-state index contributed by atoms with van der Waals surface area (Å²) in [6, 6.07) is 1.84. The van der Waals surface area contributed by atoms with Crippen molar-refractivity contribution in [1.82, 2.24) is 20.1 Å². The second-order valence-electron chi connectivity index (χ2n) is 3.79. The predicted octanol–water partition coefficient (Wildman–Crippen LogP) is 2.46. The summed E-state index contributed by atoms with van der Waals surface area (Å²) in [7, 11) is 1.87. The Bertz CT molecular complexity index is 527. The van der Waals surface area contributed by atoms with Crippen LogP contribution < -0.4 is 10.1 Å². The van der Waals surface area contributed by atoms with Gasteiger partial charge in [-0.15, -0.1) is 0 Å². The molecule has 0 saturated heterocycles. The van der Waals surface area contributed by atoms with E-state index in [-0.39, 0.29) is 0 Å². The van der Waals surface area contributed by atoms with Crippen molar-refractivity contribution in [2.45, 2.75) is 20.0 Å². The number of halogens is 1. The Morgan fingerprint density at radius 1 is 1.44 bits per heavy atom. The zero-order chi connectivity index (χ0) is 13.0. The number of rotatable bonds is 5. The molecule has 0 aliphatic heterocycles. The first-order chi connectivity index (χ1) is 8.72. The molecule has 0 aromatic carbocycles. The molecule has 2 aromatic heterocycles. The number of hydrogen-bond acceptors (Lipinski definition) is 4. The average Bonchev–Trinajstić information content (AvgIpc) is 2.81. The van der Waals surface area contributed by atoms with Crippen LogP contribution in [-0.2, 0) is 13.1 Å². The van der Waals surface area contributed by atoms with Gasteiger partial charge in [0.1, 0.15) is 5.02 Å². The first kappa shape index (κ1) is 12.9. The number of pyridine rings is 1.